The molecule has 0 aliphatic carbocycles. The van der Waals surface area contributed by atoms with E-state index in [1.165, 1.54) is 0 Å². The number of Topliss-reactive ketones (excluding diaryl/α,β-unsaturated/α-hetero) is 1. The Morgan fingerprint density at radius 2 is 2.07 bits per heavy atom. The zero-order chi connectivity index (χ0) is 11.3. The molecule has 4 nitrogen and oxygen atoms in total. The van der Waals surface area contributed by atoms with Gasteiger partial charge in [0, 0.05) is 18.7 Å². The van der Waals surface area contributed by atoms with Gasteiger partial charge >= 0.3 is 0 Å². The largest absolute Gasteiger partial charge is 0.298 e. The summed E-state index contributed by atoms with van der Waals surface area (Å²) < 4.78 is 22.9. The molecule has 0 aromatic rings. The van der Waals surface area contributed by atoms with Crippen molar-refractivity contribution in [3.05, 3.63) is 0 Å². The zero-order valence-corrected chi connectivity index (χ0v) is 10.1. The summed E-state index contributed by atoms with van der Waals surface area (Å²) in [5.74, 6) is 0.678. The minimum absolute atomic E-state index is 0.189. The number of hydrogen-bond acceptors (Lipinski definition) is 4. The van der Waals surface area contributed by atoms with E-state index in [0.717, 1.165) is 13.0 Å². The van der Waals surface area contributed by atoms with E-state index in [2.05, 4.69) is 0 Å². The summed E-state index contributed by atoms with van der Waals surface area (Å²) in [7, 11) is -2.90. The van der Waals surface area contributed by atoms with E-state index in [4.69, 9.17) is 0 Å². The molecule has 0 radical (unpaired) electrons. The first kappa shape index (κ1) is 12.6. The van der Waals surface area contributed by atoms with Crippen LogP contribution in [-0.2, 0) is 14.6 Å². The molecule has 1 saturated heterocycles. The van der Waals surface area contributed by atoms with Crippen LogP contribution in [0, 0.1) is 0 Å². The van der Waals surface area contributed by atoms with Crippen LogP contribution in [0.25, 0.3) is 0 Å². The van der Waals surface area contributed by atoms with Gasteiger partial charge < -0.3 is 0 Å². The number of ketones is 1. The van der Waals surface area contributed by atoms with Gasteiger partial charge in [0.1, 0.15) is 5.78 Å². The maximum Gasteiger partial charge on any atom is 0.151 e. The lowest BCUT2D eigenvalue weighted by Crippen LogP contribution is -2.38. The van der Waals surface area contributed by atoms with Crippen LogP contribution in [0.1, 0.15) is 26.2 Å². The zero-order valence-electron chi connectivity index (χ0n) is 9.24. The van der Waals surface area contributed by atoms with Crippen LogP contribution in [0.15, 0.2) is 0 Å². The number of carbonyl (C=O) groups is 1. The molecule has 0 saturated carbocycles. The highest BCUT2D eigenvalue weighted by atomic mass is 32.2. The highest BCUT2D eigenvalue weighted by Gasteiger charge is 2.18. The lowest BCUT2D eigenvalue weighted by Gasteiger charge is -2.25. The second-order valence-electron chi connectivity index (χ2n) is 4.07. The highest BCUT2D eigenvalue weighted by Crippen LogP contribution is 2.06. The average molecular weight is 233 g/mol. The Morgan fingerprint density at radius 3 is 2.67 bits per heavy atom. The summed E-state index contributed by atoms with van der Waals surface area (Å²) >= 11 is 0. The number of rotatable bonds is 5. The Kier molecular flexibility index (Phi) is 4.73. The molecule has 0 atom stereocenters. The molecule has 15 heavy (non-hydrogen) atoms. The number of likely N-dealkylation sites (tertiary alicyclic amines) is 1. The SMILES string of the molecule is CCCS(=O)(=O)CCN1CCCC(=O)C1. The summed E-state index contributed by atoms with van der Waals surface area (Å²) in [4.78, 5) is 13.1. The molecular formula is C10H19NO3S. The first-order valence-corrected chi connectivity index (χ1v) is 7.30. The van der Waals surface area contributed by atoms with Gasteiger partial charge in [0.15, 0.2) is 9.84 Å². The second-order valence-corrected chi connectivity index (χ2v) is 6.37. The third-order valence-corrected chi connectivity index (χ3v) is 4.40. The second kappa shape index (κ2) is 5.61. The van der Waals surface area contributed by atoms with Crippen molar-refractivity contribution in [3.8, 4) is 0 Å². The van der Waals surface area contributed by atoms with Crippen molar-refractivity contribution in [3.63, 3.8) is 0 Å². The van der Waals surface area contributed by atoms with Crippen LogP contribution < -0.4 is 0 Å². The summed E-state index contributed by atoms with van der Waals surface area (Å²) in [5.41, 5.74) is 0. The summed E-state index contributed by atoms with van der Waals surface area (Å²) in [6.45, 7) is 3.66. The average Bonchev–Trinajstić information content (AvgIpc) is 2.15. The predicted molar refractivity (Wildman–Crippen MR) is 59.6 cm³/mol. The summed E-state index contributed by atoms with van der Waals surface area (Å²) in [6.07, 6.45) is 2.19. The van der Waals surface area contributed by atoms with Crippen LogP contribution in [0.5, 0.6) is 0 Å². The van der Waals surface area contributed by atoms with E-state index >= 15 is 0 Å². The van der Waals surface area contributed by atoms with E-state index in [1.54, 1.807) is 0 Å². The Labute approximate surface area is 91.6 Å². The Bertz CT molecular complexity index is 311. The van der Waals surface area contributed by atoms with E-state index in [-0.39, 0.29) is 17.3 Å². The number of sulfone groups is 1. The third-order valence-electron chi connectivity index (χ3n) is 2.56. The lowest BCUT2D eigenvalue weighted by molar-refractivity contribution is -0.122. The molecule has 0 aromatic carbocycles. The molecule has 0 aromatic heterocycles. The first-order valence-electron chi connectivity index (χ1n) is 5.48. The van der Waals surface area contributed by atoms with Crippen molar-refractivity contribution in [1.29, 1.82) is 0 Å². The molecule has 1 aliphatic heterocycles. The van der Waals surface area contributed by atoms with Crippen LogP contribution in [-0.4, -0.2) is 50.2 Å². The molecule has 1 heterocycles. The van der Waals surface area contributed by atoms with Crippen molar-refractivity contribution < 1.29 is 13.2 Å². The Hall–Kier alpha value is -0.420. The molecule has 88 valence electrons. The molecule has 0 spiro atoms. The van der Waals surface area contributed by atoms with Gasteiger partial charge in [-0.15, -0.1) is 0 Å². The molecular weight excluding hydrogens is 214 g/mol. The molecule has 1 aliphatic rings. The van der Waals surface area contributed by atoms with E-state index < -0.39 is 9.84 Å². The molecule has 5 heteroatoms. The topological polar surface area (TPSA) is 54.5 Å². The van der Waals surface area contributed by atoms with Gasteiger partial charge in [0.2, 0.25) is 0 Å². The van der Waals surface area contributed by atoms with Gasteiger partial charge in [-0.2, -0.15) is 0 Å². The summed E-state index contributed by atoms with van der Waals surface area (Å²) in [6, 6.07) is 0. The van der Waals surface area contributed by atoms with Crippen molar-refractivity contribution >= 4 is 15.6 Å². The summed E-state index contributed by atoms with van der Waals surface area (Å²) in [5, 5.41) is 0. The van der Waals surface area contributed by atoms with Gasteiger partial charge in [-0.05, 0) is 19.4 Å². The number of carbonyl (C=O) groups excluding carboxylic acids is 1. The lowest BCUT2D eigenvalue weighted by atomic mass is 10.1. The van der Waals surface area contributed by atoms with E-state index in [1.807, 2.05) is 11.8 Å². The van der Waals surface area contributed by atoms with Gasteiger partial charge in [-0.25, -0.2) is 8.42 Å². The van der Waals surface area contributed by atoms with Crippen LogP contribution in [0.2, 0.25) is 0 Å². The van der Waals surface area contributed by atoms with Crippen LogP contribution in [0.3, 0.4) is 0 Å². The van der Waals surface area contributed by atoms with Gasteiger partial charge in [0.05, 0.1) is 12.3 Å². The van der Waals surface area contributed by atoms with Crippen molar-refractivity contribution in [2.75, 3.05) is 31.1 Å². The first-order chi connectivity index (χ1) is 7.03. The monoisotopic (exact) mass is 233 g/mol. The van der Waals surface area contributed by atoms with Crippen molar-refractivity contribution in [1.82, 2.24) is 4.90 Å². The molecule has 0 N–H and O–H groups in total. The Balaban J connectivity index is 2.33. The molecule has 0 bridgehead atoms. The fourth-order valence-corrected chi connectivity index (χ4v) is 3.14. The van der Waals surface area contributed by atoms with Crippen LogP contribution >= 0.6 is 0 Å². The maximum atomic E-state index is 11.4. The predicted octanol–water partition coefficient (Wildman–Crippen LogP) is 0.476. The minimum Gasteiger partial charge on any atom is -0.298 e. The fourth-order valence-electron chi connectivity index (χ4n) is 1.78. The normalized spacial score (nSPS) is 19.4. The smallest absolute Gasteiger partial charge is 0.151 e. The van der Waals surface area contributed by atoms with Gasteiger partial charge in [0.25, 0.3) is 0 Å². The highest BCUT2D eigenvalue weighted by molar-refractivity contribution is 7.91. The minimum atomic E-state index is -2.90. The molecule has 1 rings (SSSR count). The fraction of sp³-hybridized carbons (Fsp3) is 0.900. The number of nitrogens with zero attached hydrogens (tertiary/aromatic N) is 1. The van der Waals surface area contributed by atoms with Gasteiger partial charge in [-0.3, -0.25) is 9.69 Å². The van der Waals surface area contributed by atoms with Gasteiger partial charge in [-0.1, -0.05) is 6.92 Å². The van der Waals surface area contributed by atoms with Crippen molar-refractivity contribution in [2.45, 2.75) is 26.2 Å². The van der Waals surface area contributed by atoms with E-state index in [0.29, 0.717) is 25.9 Å². The Morgan fingerprint density at radius 1 is 1.33 bits per heavy atom. The third kappa shape index (κ3) is 4.75. The quantitative estimate of drug-likeness (QED) is 0.693. The van der Waals surface area contributed by atoms with E-state index in [9.17, 15) is 13.2 Å². The maximum absolute atomic E-state index is 11.4. The molecule has 1 fully saturated rings. The molecule has 0 amide bonds. The number of piperidine rings is 1. The standard InChI is InChI=1S/C10H19NO3S/c1-2-7-15(13,14)8-6-11-5-3-4-10(12)9-11/h2-9H2,1H3. The number of hydrogen-bond donors (Lipinski definition) is 0. The van der Waals surface area contributed by atoms with Crippen molar-refractivity contribution in [2.24, 2.45) is 0 Å². The van der Waals surface area contributed by atoms with Crippen LogP contribution in [0.4, 0.5) is 0 Å². The molecule has 0 unspecified atom stereocenters.